The van der Waals surface area contributed by atoms with E-state index in [0.29, 0.717) is 6.54 Å². The first-order valence-electron chi connectivity index (χ1n) is 7.60. The quantitative estimate of drug-likeness (QED) is 0.910. The Hall–Kier alpha value is -1.79. The molecule has 0 radical (unpaired) electrons. The van der Waals surface area contributed by atoms with E-state index in [1.54, 1.807) is 11.3 Å². The van der Waals surface area contributed by atoms with E-state index in [2.05, 4.69) is 16.8 Å². The molecule has 6 heteroatoms. The highest BCUT2D eigenvalue weighted by atomic mass is 32.2. The zero-order valence-electron chi connectivity index (χ0n) is 12.5. The Balaban J connectivity index is 1.44. The lowest BCUT2D eigenvalue weighted by molar-refractivity contribution is -0.133. The number of thiophene rings is 1. The topological polar surface area (TPSA) is 49.4 Å². The Labute approximate surface area is 142 Å². The van der Waals surface area contributed by atoms with Crippen LogP contribution in [0, 0.1) is 0 Å². The summed E-state index contributed by atoms with van der Waals surface area (Å²) < 4.78 is 0. The maximum Gasteiger partial charge on any atom is 0.238 e. The predicted octanol–water partition coefficient (Wildman–Crippen LogP) is 3.14. The van der Waals surface area contributed by atoms with Crippen LogP contribution in [0.3, 0.4) is 0 Å². The molecular weight excluding hydrogens is 328 g/mol. The minimum atomic E-state index is -0.346. The van der Waals surface area contributed by atoms with Crippen molar-refractivity contribution in [1.29, 1.82) is 0 Å². The molecule has 1 aromatic heterocycles. The van der Waals surface area contributed by atoms with Gasteiger partial charge >= 0.3 is 0 Å². The first-order chi connectivity index (χ1) is 11.2. The second-order valence-corrected chi connectivity index (χ2v) is 7.98. The van der Waals surface area contributed by atoms with E-state index in [0.717, 1.165) is 23.5 Å². The fourth-order valence-corrected chi connectivity index (χ4v) is 4.97. The van der Waals surface area contributed by atoms with E-state index in [4.69, 9.17) is 0 Å². The van der Waals surface area contributed by atoms with Gasteiger partial charge in [0, 0.05) is 29.3 Å². The van der Waals surface area contributed by atoms with E-state index in [1.165, 1.54) is 22.2 Å². The zero-order valence-corrected chi connectivity index (χ0v) is 14.1. The van der Waals surface area contributed by atoms with E-state index >= 15 is 0 Å². The molecule has 0 saturated heterocycles. The van der Waals surface area contributed by atoms with Gasteiger partial charge in [-0.05, 0) is 35.6 Å². The zero-order chi connectivity index (χ0) is 15.8. The molecule has 1 aromatic carbocycles. The van der Waals surface area contributed by atoms with Crippen LogP contribution < -0.4 is 5.32 Å². The lowest BCUT2D eigenvalue weighted by atomic mass is 10.1. The molecular formula is C17H16N2O2S2. The van der Waals surface area contributed by atoms with E-state index in [9.17, 15) is 9.59 Å². The number of hydrogen-bond donors (Lipinski definition) is 1. The number of thioether (sulfide) groups is 1. The van der Waals surface area contributed by atoms with Gasteiger partial charge in [-0.2, -0.15) is 0 Å². The number of nitrogens with one attached hydrogen (secondary N) is 1. The standard InChI is InChI=1S/C17H16N2O2S2/c20-16(19-7-5-13-11(10-19)6-8-22-13)9-15-17(21)18-12-3-1-2-4-14(12)23-15/h1-4,6,8,15H,5,7,9-10H2,(H,18,21). The van der Waals surface area contributed by atoms with Crippen molar-refractivity contribution in [3.8, 4) is 0 Å². The Morgan fingerprint density at radius 1 is 1.30 bits per heavy atom. The van der Waals surface area contributed by atoms with Crippen molar-refractivity contribution in [1.82, 2.24) is 4.90 Å². The van der Waals surface area contributed by atoms with Crippen molar-refractivity contribution in [3.05, 3.63) is 46.2 Å². The summed E-state index contributed by atoms with van der Waals surface area (Å²) in [7, 11) is 0. The molecule has 1 N–H and O–H groups in total. The van der Waals surface area contributed by atoms with Crippen LogP contribution in [0.1, 0.15) is 16.9 Å². The molecule has 2 aliphatic heterocycles. The number of anilines is 1. The Kier molecular flexibility index (Phi) is 3.87. The maximum atomic E-state index is 12.6. The summed E-state index contributed by atoms with van der Waals surface area (Å²) in [5.41, 5.74) is 2.09. The third-order valence-corrected chi connectivity index (χ3v) is 6.53. The van der Waals surface area contributed by atoms with Gasteiger partial charge in [0.05, 0.1) is 10.9 Å². The van der Waals surface area contributed by atoms with Crippen molar-refractivity contribution < 1.29 is 9.59 Å². The smallest absolute Gasteiger partial charge is 0.238 e. The van der Waals surface area contributed by atoms with Crippen LogP contribution in [0.25, 0.3) is 0 Å². The van der Waals surface area contributed by atoms with Crippen molar-refractivity contribution in [2.75, 3.05) is 11.9 Å². The van der Waals surface area contributed by atoms with Gasteiger partial charge in [0.15, 0.2) is 0 Å². The third kappa shape index (κ3) is 2.88. The Morgan fingerprint density at radius 3 is 3.09 bits per heavy atom. The highest BCUT2D eigenvalue weighted by molar-refractivity contribution is 8.01. The van der Waals surface area contributed by atoms with Crippen LogP contribution in [0.15, 0.2) is 40.6 Å². The van der Waals surface area contributed by atoms with Gasteiger partial charge < -0.3 is 10.2 Å². The molecule has 2 aromatic rings. The summed E-state index contributed by atoms with van der Waals surface area (Å²) in [4.78, 5) is 29.1. The number of nitrogens with zero attached hydrogens (tertiary/aromatic N) is 1. The Bertz CT molecular complexity index is 771. The van der Waals surface area contributed by atoms with Crippen LogP contribution in [-0.2, 0) is 22.6 Å². The average Bonchev–Trinajstić information content (AvgIpc) is 3.03. The number of amides is 2. The van der Waals surface area contributed by atoms with Gasteiger partial charge in [-0.3, -0.25) is 9.59 Å². The summed E-state index contributed by atoms with van der Waals surface area (Å²) in [6, 6.07) is 9.82. The van der Waals surface area contributed by atoms with Crippen LogP contribution in [0.2, 0.25) is 0 Å². The number of carbonyl (C=O) groups is 2. The van der Waals surface area contributed by atoms with Crippen LogP contribution in [0.5, 0.6) is 0 Å². The first kappa shape index (κ1) is 14.8. The lowest BCUT2D eigenvalue weighted by Gasteiger charge is -2.29. The van der Waals surface area contributed by atoms with Crippen molar-refractivity contribution in [2.45, 2.75) is 29.5 Å². The van der Waals surface area contributed by atoms with E-state index < -0.39 is 0 Å². The number of fused-ring (bicyclic) bond motifs is 2. The summed E-state index contributed by atoms with van der Waals surface area (Å²) in [5.74, 6) is -0.0100. The van der Waals surface area contributed by atoms with Crippen molar-refractivity contribution >= 4 is 40.6 Å². The van der Waals surface area contributed by atoms with E-state index in [-0.39, 0.29) is 23.5 Å². The molecule has 0 aliphatic carbocycles. The highest BCUT2D eigenvalue weighted by Crippen LogP contribution is 2.37. The lowest BCUT2D eigenvalue weighted by Crippen LogP contribution is -2.39. The van der Waals surface area contributed by atoms with Gasteiger partial charge in [0.25, 0.3) is 0 Å². The van der Waals surface area contributed by atoms with Crippen LogP contribution in [-0.4, -0.2) is 28.5 Å². The summed E-state index contributed by atoms with van der Waals surface area (Å²) in [6.45, 7) is 1.43. The van der Waals surface area contributed by atoms with Crippen molar-refractivity contribution in [3.63, 3.8) is 0 Å². The molecule has 118 valence electrons. The predicted molar refractivity (Wildman–Crippen MR) is 92.8 cm³/mol. The molecule has 23 heavy (non-hydrogen) atoms. The normalized spacial score (nSPS) is 19.7. The summed E-state index contributed by atoms with van der Waals surface area (Å²) in [6.07, 6.45) is 1.18. The molecule has 0 bridgehead atoms. The molecule has 3 heterocycles. The van der Waals surface area contributed by atoms with Gasteiger partial charge in [0.2, 0.25) is 11.8 Å². The fraction of sp³-hybridized carbons (Fsp3) is 0.294. The number of para-hydroxylation sites is 1. The van der Waals surface area contributed by atoms with Gasteiger partial charge in [-0.25, -0.2) is 0 Å². The minimum Gasteiger partial charge on any atom is -0.338 e. The maximum absolute atomic E-state index is 12.6. The van der Waals surface area contributed by atoms with Gasteiger partial charge in [-0.1, -0.05) is 12.1 Å². The van der Waals surface area contributed by atoms with Crippen LogP contribution in [0.4, 0.5) is 5.69 Å². The molecule has 0 fully saturated rings. The monoisotopic (exact) mass is 344 g/mol. The molecule has 0 spiro atoms. The average molecular weight is 344 g/mol. The number of carbonyl (C=O) groups excluding carboxylic acids is 2. The SMILES string of the molecule is O=C1Nc2ccccc2SC1CC(=O)N1CCc2sccc2C1. The molecule has 1 atom stereocenters. The third-order valence-electron chi connectivity index (χ3n) is 4.23. The van der Waals surface area contributed by atoms with Gasteiger partial charge in [-0.15, -0.1) is 23.1 Å². The minimum absolute atomic E-state index is 0.0638. The van der Waals surface area contributed by atoms with E-state index in [1.807, 2.05) is 29.2 Å². The summed E-state index contributed by atoms with van der Waals surface area (Å²) >= 11 is 3.25. The second kappa shape index (κ2) is 6.02. The molecule has 2 aliphatic rings. The molecule has 1 unspecified atom stereocenters. The molecule has 4 rings (SSSR count). The molecule has 2 amide bonds. The molecule has 0 saturated carbocycles. The van der Waals surface area contributed by atoms with Crippen LogP contribution >= 0.6 is 23.1 Å². The number of rotatable bonds is 2. The highest BCUT2D eigenvalue weighted by Gasteiger charge is 2.31. The number of benzene rings is 1. The van der Waals surface area contributed by atoms with Gasteiger partial charge in [0.1, 0.15) is 0 Å². The number of hydrogen-bond acceptors (Lipinski definition) is 4. The summed E-state index contributed by atoms with van der Waals surface area (Å²) in [5, 5.41) is 4.64. The van der Waals surface area contributed by atoms with Crippen molar-refractivity contribution in [2.24, 2.45) is 0 Å². The first-order valence-corrected chi connectivity index (χ1v) is 9.36. The molecule has 4 nitrogen and oxygen atoms in total. The largest absolute Gasteiger partial charge is 0.338 e. The Morgan fingerprint density at radius 2 is 2.17 bits per heavy atom. The second-order valence-electron chi connectivity index (χ2n) is 5.73. The fourth-order valence-electron chi connectivity index (χ4n) is 2.98.